The normalized spacial score (nSPS) is 18.4. The first-order valence-corrected chi connectivity index (χ1v) is 6.70. The minimum atomic E-state index is 0.276. The van der Waals surface area contributed by atoms with Gasteiger partial charge in [-0.15, -0.1) is 0 Å². The number of nitrogens with one attached hydrogen (secondary N) is 1. The van der Waals surface area contributed by atoms with E-state index in [0.717, 1.165) is 12.3 Å². The Morgan fingerprint density at radius 1 is 1.22 bits per heavy atom. The second kappa shape index (κ2) is 6.21. The number of hydrogen-bond donors (Lipinski definition) is 1. The Kier molecular flexibility index (Phi) is 4.61. The molecule has 0 saturated heterocycles. The van der Waals surface area contributed by atoms with Crippen molar-refractivity contribution in [2.45, 2.75) is 31.9 Å². The minimum Gasteiger partial charge on any atom is -0.497 e. The lowest BCUT2D eigenvalue weighted by atomic mass is 9.98. The van der Waals surface area contributed by atoms with E-state index in [1.54, 1.807) is 7.11 Å². The summed E-state index contributed by atoms with van der Waals surface area (Å²) < 4.78 is 10.9. The molecule has 1 fully saturated rings. The van der Waals surface area contributed by atoms with Crippen LogP contribution in [0.15, 0.2) is 24.3 Å². The van der Waals surface area contributed by atoms with E-state index in [-0.39, 0.29) is 12.1 Å². The van der Waals surface area contributed by atoms with Gasteiger partial charge in [-0.1, -0.05) is 19.1 Å². The van der Waals surface area contributed by atoms with Gasteiger partial charge in [-0.2, -0.15) is 0 Å². The Labute approximate surface area is 109 Å². The van der Waals surface area contributed by atoms with Gasteiger partial charge < -0.3 is 14.8 Å². The van der Waals surface area contributed by atoms with Crippen LogP contribution in [0.1, 0.15) is 31.4 Å². The van der Waals surface area contributed by atoms with Gasteiger partial charge in [0.25, 0.3) is 0 Å². The highest BCUT2D eigenvalue weighted by molar-refractivity contribution is 5.30. The molecule has 1 aliphatic rings. The number of benzene rings is 1. The molecule has 1 N–H and O–H groups in total. The summed E-state index contributed by atoms with van der Waals surface area (Å²) in [6.07, 6.45) is 2.85. The molecule has 2 atom stereocenters. The average molecular weight is 249 g/mol. The van der Waals surface area contributed by atoms with Crippen LogP contribution in [0.25, 0.3) is 0 Å². The number of likely N-dealkylation sites (N-methyl/N-ethyl adjacent to an activating group) is 1. The topological polar surface area (TPSA) is 30.5 Å². The summed E-state index contributed by atoms with van der Waals surface area (Å²) in [5, 5.41) is 3.54. The molecular weight excluding hydrogens is 226 g/mol. The SMILES string of the molecule is CCNC(c1ccc(OC)cc1)C(OC)C1CC1. The van der Waals surface area contributed by atoms with E-state index in [2.05, 4.69) is 24.4 Å². The average Bonchev–Trinajstić information content (AvgIpc) is 3.23. The minimum absolute atomic E-state index is 0.276. The van der Waals surface area contributed by atoms with Crippen LogP contribution in [0.3, 0.4) is 0 Å². The van der Waals surface area contributed by atoms with Gasteiger partial charge in [-0.05, 0) is 43.0 Å². The Morgan fingerprint density at radius 3 is 2.33 bits per heavy atom. The van der Waals surface area contributed by atoms with E-state index in [1.165, 1.54) is 18.4 Å². The Morgan fingerprint density at radius 2 is 1.89 bits per heavy atom. The maximum atomic E-state index is 5.71. The Bertz CT molecular complexity index is 359. The van der Waals surface area contributed by atoms with Gasteiger partial charge in [-0.25, -0.2) is 0 Å². The Balaban J connectivity index is 2.16. The fraction of sp³-hybridized carbons (Fsp3) is 0.600. The number of methoxy groups -OCH3 is 2. The van der Waals surface area contributed by atoms with Crippen molar-refractivity contribution in [1.82, 2.24) is 5.32 Å². The van der Waals surface area contributed by atoms with Crippen molar-refractivity contribution >= 4 is 0 Å². The molecule has 0 radical (unpaired) electrons. The highest BCUT2D eigenvalue weighted by Gasteiger charge is 2.37. The molecule has 0 heterocycles. The highest BCUT2D eigenvalue weighted by atomic mass is 16.5. The smallest absolute Gasteiger partial charge is 0.118 e. The van der Waals surface area contributed by atoms with Crippen molar-refractivity contribution in [2.75, 3.05) is 20.8 Å². The molecule has 0 bridgehead atoms. The van der Waals surface area contributed by atoms with Gasteiger partial charge in [0.2, 0.25) is 0 Å². The maximum absolute atomic E-state index is 5.71. The largest absolute Gasteiger partial charge is 0.497 e. The third kappa shape index (κ3) is 3.03. The molecule has 2 rings (SSSR count). The zero-order chi connectivity index (χ0) is 13.0. The van der Waals surface area contributed by atoms with Gasteiger partial charge in [0.1, 0.15) is 5.75 Å². The molecule has 3 nitrogen and oxygen atoms in total. The summed E-state index contributed by atoms with van der Waals surface area (Å²) in [6.45, 7) is 3.08. The van der Waals surface area contributed by atoms with Crippen LogP contribution >= 0.6 is 0 Å². The van der Waals surface area contributed by atoms with Crippen molar-refractivity contribution in [1.29, 1.82) is 0 Å². The zero-order valence-electron chi connectivity index (χ0n) is 11.5. The summed E-state index contributed by atoms with van der Waals surface area (Å²) in [4.78, 5) is 0. The maximum Gasteiger partial charge on any atom is 0.118 e. The number of hydrogen-bond acceptors (Lipinski definition) is 3. The molecular formula is C15H23NO2. The summed E-state index contributed by atoms with van der Waals surface area (Å²) in [5.41, 5.74) is 1.27. The third-order valence-corrected chi connectivity index (χ3v) is 3.59. The van der Waals surface area contributed by atoms with Gasteiger partial charge in [0.15, 0.2) is 0 Å². The number of ether oxygens (including phenoxy) is 2. The van der Waals surface area contributed by atoms with Gasteiger partial charge in [0, 0.05) is 7.11 Å². The summed E-state index contributed by atoms with van der Waals surface area (Å²) in [5.74, 6) is 1.61. The molecule has 0 amide bonds. The first kappa shape index (κ1) is 13.4. The van der Waals surface area contributed by atoms with Crippen LogP contribution in [-0.4, -0.2) is 26.9 Å². The third-order valence-electron chi connectivity index (χ3n) is 3.59. The van der Waals surface area contributed by atoms with Crippen molar-refractivity contribution in [3.63, 3.8) is 0 Å². The van der Waals surface area contributed by atoms with Crippen LogP contribution in [0.4, 0.5) is 0 Å². The fourth-order valence-electron chi connectivity index (χ4n) is 2.48. The second-order valence-corrected chi connectivity index (χ2v) is 4.85. The molecule has 1 aliphatic carbocycles. The van der Waals surface area contributed by atoms with E-state index < -0.39 is 0 Å². The predicted molar refractivity (Wildman–Crippen MR) is 72.9 cm³/mol. The molecule has 2 unspecified atom stereocenters. The predicted octanol–water partition coefficient (Wildman–Crippen LogP) is 2.77. The van der Waals surface area contributed by atoms with E-state index in [1.807, 2.05) is 19.2 Å². The summed E-state index contributed by atoms with van der Waals surface area (Å²) >= 11 is 0. The van der Waals surface area contributed by atoms with Crippen LogP contribution < -0.4 is 10.1 Å². The number of rotatable bonds is 7. The zero-order valence-corrected chi connectivity index (χ0v) is 11.5. The van der Waals surface area contributed by atoms with Crippen molar-refractivity contribution < 1.29 is 9.47 Å². The van der Waals surface area contributed by atoms with E-state index in [9.17, 15) is 0 Å². The molecule has 0 aliphatic heterocycles. The van der Waals surface area contributed by atoms with Gasteiger partial charge in [0.05, 0.1) is 19.3 Å². The van der Waals surface area contributed by atoms with Crippen LogP contribution in [-0.2, 0) is 4.74 Å². The molecule has 1 aromatic rings. The summed E-state index contributed by atoms with van der Waals surface area (Å²) in [7, 11) is 3.51. The molecule has 100 valence electrons. The van der Waals surface area contributed by atoms with Crippen molar-refractivity contribution in [3.8, 4) is 5.75 Å². The Hall–Kier alpha value is -1.06. The first-order chi connectivity index (χ1) is 8.80. The lowest BCUT2D eigenvalue weighted by Crippen LogP contribution is -2.34. The first-order valence-electron chi connectivity index (χ1n) is 6.70. The van der Waals surface area contributed by atoms with Crippen molar-refractivity contribution in [2.24, 2.45) is 5.92 Å². The highest BCUT2D eigenvalue weighted by Crippen LogP contribution is 2.39. The van der Waals surface area contributed by atoms with Gasteiger partial charge >= 0.3 is 0 Å². The molecule has 1 saturated carbocycles. The van der Waals surface area contributed by atoms with Crippen LogP contribution in [0, 0.1) is 5.92 Å². The van der Waals surface area contributed by atoms with E-state index in [0.29, 0.717) is 5.92 Å². The fourth-order valence-corrected chi connectivity index (χ4v) is 2.48. The standard InChI is InChI=1S/C15H23NO2/c1-4-16-14(15(18-3)12-5-6-12)11-7-9-13(17-2)10-8-11/h7-10,12,14-16H,4-6H2,1-3H3. The van der Waals surface area contributed by atoms with E-state index >= 15 is 0 Å². The molecule has 1 aromatic carbocycles. The lowest BCUT2D eigenvalue weighted by molar-refractivity contribution is 0.0511. The van der Waals surface area contributed by atoms with Crippen molar-refractivity contribution in [3.05, 3.63) is 29.8 Å². The summed E-state index contributed by atoms with van der Waals surface area (Å²) in [6, 6.07) is 8.55. The monoisotopic (exact) mass is 249 g/mol. The van der Waals surface area contributed by atoms with Gasteiger partial charge in [-0.3, -0.25) is 0 Å². The quantitative estimate of drug-likeness (QED) is 0.806. The van der Waals surface area contributed by atoms with E-state index in [4.69, 9.17) is 9.47 Å². The van der Waals surface area contributed by atoms with Crippen LogP contribution in [0.5, 0.6) is 5.75 Å². The molecule has 18 heavy (non-hydrogen) atoms. The molecule has 0 aromatic heterocycles. The second-order valence-electron chi connectivity index (χ2n) is 4.85. The molecule has 3 heteroatoms. The van der Waals surface area contributed by atoms with Crippen LogP contribution in [0.2, 0.25) is 0 Å². The molecule has 0 spiro atoms. The lowest BCUT2D eigenvalue weighted by Gasteiger charge is -2.27.